The van der Waals surface area contributed by atoms with Crippen molar-refractivity contribution in [3.8, 4) is 11.5 Å². The minimum Gasteiger partial charge on any atom is -0.494 e. The van der Waals surface area contributed by atoms with Crippen molar-refractivity contribution in [3.05, 3.63) is 59.7 Å². The fraction of sp³-hybridized carbons (Fsp3) is 0.440. The molecule has 0 atom stereocenters. The average molecular weight is 427 g/mol. The van der Waals surface area contributed by atoms with E-state index in [9.17, 15) is 9.59 Å². The maximum Gasteiger partial charge on any atom is 0.276 e. The molecule has 2 N–H and O–H groups in total. The average Bonchev–Trinajstić information content (AvgIpc) is 2.76. The van der Waals surface area contributed by atoms with Gasteiger partial charge in [0.2, 0.25) is 0 Å². The van der Waals surface area contributed by atoms with Crippen LogP contribution in [0.15, 0.2) is 48.5 Å². The molecule has 0 aliphatic heterocycles. The molecular formula is C25H34N2O4. The molecule has 0 radical (unpaired) electrons. The predicted octanol–water partition coefficient (Wildman–Crippen LogP) is 4.64. The van der Waals surface area contributed by atoms with E-state index in [0.717, 1.165) is 12.8 Å². The van der Waals surface area contributed by atoms with Gasteiger partial charge in [-0.25, -0.2) is 0 Å². The third-order valence-corrected chi connectivity index (χ3v) is 5.29. The Bertz CT molecular complexity index is 843. The van der Waals surface area contributed by atoms with Gasteiger partial charge in [-0.05, 0) is 66.1 Å². The smallest absolute Gasteiger partial charge is 0.276 e. The van der Waals surface area contributed by atoms with E-state index in [1.165, 1.54) is 5.56 Å². The number of nitrogens with one attached hydrogen (secondary N) is 2. The zero-order valence-electron chi connectivity index (χ0n) is 19.2. The lowest BCUT2D eigenvalue weighted by molar-refractivity contribution is -0.123. The number of hydrogen-bond acceptors (Lipinski definition) is 4. The molecule has 0 heterocycles. The summed E-state index contributed by atoms with van der Waals surface area (Å²) in [4.78, 5) is 24.2. The third kappa shape index (κ3) is 7.96. The van der Waals surface area contributed by atoms with Crippen molar-refractivity contribution >= 4 is 11.8 Å². The van der Waals surface area contributed by atoms with Crippen molar-refractivity contribution < 1.29 is 19.1 Å². The summed E-state index contributed by atoms with van der Waals surface area (Å²) >= 11 is 0. The molecule has 2 aromatic rings. The summed E-state index contributed by atoms with van der Waals surface area (Å²) in [5.41, 5.74) is 6.49. The van der Waals surface area contributed by atoms with Gasteiger partial charge >= 0.3 is 0 Å². The van der Waals surface area contributed by atoms with Crippen LogP contribution in [-0.4, -0.2) is 25.0 Å². The van der Waals surface area contributed by atoms with Crippen molar-refractivity contribution in [3.63, 3.8) is 0 Å². The highest BCUT2D eigenvalue weighted by Crippen LogP contribution is 2.28. The van der Waals surface area contributed by atoms with Crippen LogP contribution in [0.5, 0.6) is 11.5 Å². The lowest BCUT2D eigenvalue weighted by Gasteiger charge is -2.23. The number of ether oxygens (including phenoxy) is 2. The minimum atomic E-state index is -0.444. The normalized spacial score (nSPS) is 11.2. The summed E-state index contributed by atoms with van der Waals surface area (Å²) in [5.74, 6) is 1.03. The summed E-state index contributed by atoms with van der Waals surface area (Å²) < 4.78 is 11.1. The lowest BCUT2D eigenvalue weighted by Crippen LogP contribution is -2.43. The number of carbonyl (C=O) groups excluding carboxylic acids is 2. The molecular weight excluding hydrogens is 392 g/mol. The SMILES string of the molecule is CCC(C)(C)c1ccc(OCC(=O)NNC(=O)c2ccc(OCCC(C)C)cc2)cc1. The Hall–Kier alpha value is -3.02. The van der Waals surface area contributed by atoms with Crippen molar-refractivity contribution in [2.45, 2.75) is 52.9 Å². The summed E-state index contributed by atoms with van der Waals surface area (Å²) in [6, 6.07) is 14.5. The van der Waals surface area contributed by atoms with Gasteiger partial charge in [-0.1, -0.05) is 46.8 Å². The zero-order valence-corrected chi connectivity index (χ0v) is 19.2. The second-order valence-corrected chi connectivity index (χ2v) is 8.61. The quantitative estimate of drug-likeness (QED) is 0.543. The zero-order chi connectivity index (χ0) is 22.9. The molecule has 31 heavy (non-hydrogen) atoms. The van der Waals surface area contributed by atoms with Gasteiger partial charge in [0.05, 0.1) is 6.61 Å². The van der Waals surface area contributed by atoms with Gasteiger partial charge in [-0.2, -0.15) is 0 Å². The summed E-state index contributed by atoms with van der Waals surface area (Å²) in [6.45, 7) is 11.2. The standard InChI is InChI=1S/C25H34N2O4/c1-6-25(4,5)20-9-13-22(14-10-20)31-17-23(28)26-27-24(29)19-7-11-21(12-8-19)30-16-15-18(2)3/h7-14,18H,6,15-17H2,1-5H3,(H,26,28)(H,27,29). The first kappa shape index (κ1) is 24.3. The molecule has 0 fully saturated rings. The van der Waals surface area contributed by atoms with E-state index in [0.29, 0.717) is 29.6 Å². The van der Waals surface area contributed by atoms with Gasteiger partial charge in [0.25, 0.3) is 11.8 Å². The van der Waals surface area contributed by atoms with E-state index < -0.39 is 11.8 Å². The van der Waals surface area contributed by atoms with Crippen molar-refractivity contribution in [1.29, 1.82) is 0 Å². The van der Waals surface area contributed by atoms with Crippen LogP contribution < -0.4 is 20.3 Å². The number of carbonyl (C=O) groups is 2. The van der Waals surface area contributed by atoms with Crippen molar-refractivity contribution in [2.75, 3.05) is 13.2 Å². The fourth-order valence-corrected chi connectivity index (χ4v) is 2.71. The molecule has 0 saturated heterocycles. The maximum atomic E-state index is 12.2. The molecule has 0 aromatic heterocycles. The van der Waals surface area contributed by atoms with Gasteiger partial charge in [0, 0.05) is 5.56 Å². The van der Waals surface area contributed by atoms with E-state index in [4.69, 9.17) is 9.47 Å². The number of rotatable bonds is 10. The molecule has 2 rings (SSSR count). The molecule has 0 spiro atoms. The van der Waals surface area contributed by atoms with Crippen LogP contribution in [0.3, 0.4) is 0 Å². The number of hydrogen-bond donors (Lipinski definition) is 2. The van der Waals surface area contributed by atoms with Crippen LogP contribution in [0.25, 0.3) is 0 Å². The fourth-order valence-electron chi connectivity index (χ4n) is 2.71. The first-order valence-corrected chi connectivity index (χ1v) is 10.8. The molecule has 6 heteroatoms. The second kappa shape index (κ2) is 11.4. The monoisotopic (exact) mass is 426 g/mol. The van der Waals surface area contributed by atoms with Crippen LogP contribution >= 0.6 is 0 Å². The molecule has 0 bridgehead atoms. The molecule has 0 saturated carbocycles. The number of amides is 2. The summed E-state index contributed by atoms with van der Waals surface area (Å²) in [5, 5.41) is 0. The van der Waals surface area contributed by atoms with E-state index in [2.05, 4.69) is 45.5 Å². The highest BCUT2D eigenvalue weighted by atomic mass is 16.5. The largest absolute Gasteiger partial charge is 0.494 e. The van der Waals surface area contributed by atoms with Gasteiger partial charge in [0.15, 0.2) is 6.61 Å². The molecule has 168 valence electrons. The second-order valence-electron chi connectivity index (χ2n) is 8.61. The lowest BCUT2D eigenvalue weighted by atomic mass is 9.82. The van der Waals surface area contributed by atoms with Gasteiger partial charge in [0.1, 0.15) is 11.5 Å². The van der Waals surface area contributed by atoms with Crippen LogP contribution in [0, 0.1) is 5.92 Å². The first-order chi connectivity index (χ1) is 14.7. The number of hydrazine groups is 1. The Kier molecular flexibility index (Phi) is 8.91. The topological polar surface area (TPSA) is 76.7 Å². The Balaban J connectivity index is 1.75. The number of benzene rings is 2. The molecule has 0 aliphatic carbocycles. The maximum absolute atomic E-state index is 12.2. The predicted molar refractivity (Wildman–Crippen MR) is 122 cm³/mol. The summed E-state index contributed by atoms with van der Waals surface area (Å²) in [7, 11) is 0. The van der Waals surface area contributed by atoms with E-state index >= 15 is 0 Å². The molecule has 0 unspecified atom stereocenters. The Morgan fingerprint density at radius 3 is 2.06 bits per heavy atom. The van der Waals surface area contributed by atoms with Gasteiger partial charge in [-0.3, -0.25) is 20.4 Å². The Labute approximate surface area is 185 Å². The van der Waals surface area contributed by atoms with Crippen molar-refractivity contribution in [1.82, 2.24) is 10.9 Å². The van der Waals surface area contributed by atoms with E-state index in [-0.39, 0.29) is 12.0 Å². The van der Waals surface area contributed by atoms with Crippen LogP contribution in [0.4, 0.5) is 0 Å². The molecule has 2 aromatic carbocycles. The van der Waals surface area contributed by atoms with E-state index in [1.54, 1.807) is 24.3 Å². The Morgan fingerprint density at radius 2 is 1.48 bits per heavy atom. The van der Waals surface area contributed by atoms with E-state index in [1.807, 2.05) is 24.3 Å². The molecule has 6 nitrogen and oxygen atoms in total. The van der Waals surface area contributed by atoms with Crippen LogP contribution in [-0.2, 0) is 10.2 Å². The van der Waals surface area contributed by atoms with Gasteiger partial charge < -0.3 is 9.47 Å². The Morgan fingerprint density at radius 1 is 0.903 bits per heavy atom. The van der Waals surface area contributed by atoms with Gasteiger partial charge in [-0.15, -0.1) is 0 Å². The summed E-state index contributed by atoms with van der Waals surface area (Å²) in [6.07, 6.45) is 2.00. The van der Waals surface area contributed by atoms with Crippen LogP contribution in [0.2, 0.25) is 0 Å². The van der Waals surface area contributed by atoms with Crippen molar-refractivity contribution in [2.24, 2.45) is 5.92 Å². The highest BCUT2D eigenvalue weighted by molar-refractivity contribution is 5.95. The first-order valence-electron chi connectivity index (χ1n) is 10.8. The molecule has 2 amide bonds. The highest BCUT2D eigenvalue weighted by Gasteiger charge is 2.17. The third-order valence-electron chi connectivity index (χ3n) is 5.29. The minimum absolute atomic E-state index is 0.0958. The molecule has 0 aliphatic rings. The van der Waals surface area contributed by atoms with Crippen LogP contribution in [0.1, 0.15) is 63.4 Å².